The summed E-state index contributed by atoms with van der Waals surface area (Å²) in [6, 6.07) is 11.6. The molecule has 120 valence electrons. The highest BCUT2D eigenvalue weighted by molar-refractivity contribution is 9.10. The molecule has 0 aliphatic carbocycles. The molecule has 0 N–H and O–H groups in total. The quantitative estimate of drug-likeness (QED) is 0.642. The lowest BCUT2D eigenvalue weighted by molar-refractivity contribution is 0.300. The van der Waals surface area contributed by atoms with Gasteiger partial charge in [-0.05, 0) is 59.6 Å². The van der Waals surface area contributed by atoms with Gasteiger partial charge < -0.3 is 9.47 Å². The Hall–Kier alpha value is -2.08. The first-order valence-corrected chi connectivity index (χ1v) is 8.43. The molecular weight excluding hydrogens is 358 g/mol. The van der Waals surface area contributed by atoms with Crippen LogP contribution < -0.4 is 9.47 Å². The normalized spacial score (nSPS) is 10.9. The van der Waals surface area contributed by atoms with Crippen LogP contribution in [-0.4, -0.2) is 27.8 Å². The maximum absolute atomic E-state index is 5.58. The number of rotatable bonds is 6. The average molecular weight is 376 g/mol. The minimum Gasteiger partial charge on any atom is -0.494 e. The number of hydrogen-bond donors (Lipinski definition) is 0. The number of aromatic nitrogens is 3. The molecule has 0 spiro atoms. The summed E-state index contributed by atoms with van der Waals surface area (Å²) in [4.78, 5) is 4.64. The summed E-state index contributed by atoms with van der Waals surface area (Å²) in [5.74, 6) is 1.44. The van der Waals surface area contributed by atoms with E-state index in [-0.39, 0.29) is 0 Å². The van der Waals surface area contributed by atoms with Gasteiger partial charge in [0.15, 0.2) is 5.65 Å². The third-order valence-electron chi connectivity index (χ3n) is 3.29. The molecule has 3 rings (SSSR count). The van der Waals surface area contributed by atoms with Crippen LogP contribution in [0, 0.1) is 0 Å². The molecule has 2 heterocycles. The molecule has 0 radical (unpaired) electrons. The Morgan fingerprint density at radius 2 is 1.83 bits per heavy atom. The molecule has 3 aromatic rings. The Kier molecular flexibility index (Phi) is 4.81. The predicted molar refractivity (Wildman–Crippen MR) is 93.1 cm³/mol. The molecule has 0 bridgehead atoms. The monoisotopic (exact) mass is 375 g/mol. The topological polar surface area (TPSA) is 48.7 Å². The second kappa shape index (κ2) is 7.00. The fourth-order valence-electron chi connectivity index (χ4n) is 2.23. The molecule has 23 heavy (non-hydrogen) atoms. The molecule has 0 amide bonds. The van der Waals surface area contributed by atoms with Gasteiger partial charge >= 0.3 is 0 Å². The fourth-order valence-corrected chi connectivity index (χ4v) is 2.81. The molecule has 0 saturated carbocycles. The summed E-state index contributed by atoms with van der Waals surface area (Å²) in [6.45, 7) is 5.34. The molecule has 2 aromatic heterocycles. The van der Waals surface area contributed by atoms with E-state index in [4.69, 9.17) is 9.47 Å². The van der Waals surface area contributed by atoms with E-state index in [1.54, 1.807) is 4.52 Å². The van der Waals surface area contributed by atoms with Crippen molar-refractivity contribution in [1.29, 1.82) is 0 Å². The molecule has 0 aliphatic heterocycles. The Labute approximate surface area is 143 Å². The van der Waals surface area contributed by atoms with Crippen molar-refractivity contribution in [3.63, 3.8) is 0 Å². The van der Waals surface area contributed by atoms with Gasteiger partial charge in [0, 0.05) is 11.6 Å². The molecule has 1 aromatic carbocycles. The van der Waals surface area contributed by atoms with Gasteiger partial charge in [-0.3, -0.25) is 0 Å². The van der Waals surface area contributed by atoms with E-state index in [2.05, 4.69) is 32.9 Å². The van der Waals surface area contributed by atoms with Crippen molar-refractivity contribution < 1.29 is 9.47 Å². The van der Waals surface area contributed by atoms with E-state index in [1.807, 2.05) is 43.3 Å². The number of fused-ring (bicyclic) bond motifs is 1. The highest BCUT2D eigenvalue weighted by Gasteiger charge is 2.13. The van der Waals surface area contributed by atoms with Crippen molar-refractivity contribution in [2.24, 2.45) is 0 Å². The van der Waals surface area contributed by atoms with Crippen molar-refractivity contribution in [1.82, 2.24) is 14.6 Å². The van der Waals surface area contributed by atoms with E-state index in [9.17, 15) is 0 Å². The van der Waals surface area contributed by atoms with Gasteiger partial charge in [-0.25, -0.2) is 9.50 Å². The van der Waals surface area contributed by atoms with Gasteiger partial charge in [0.2, 0.25) is 5.88 Å². The van der Waals surface area contributed by atoms with E-state index in [0.717, 1.165) is 33.7 Å². The van der Waals surface area contributed by atoms with Crippen molar-refractivity contribution in [3.05, 3.63) is 41.0 Å². The average Bonchev–Trinajstić information content (AvgIpc) is 2.91. The van der Waals surface area contributed by atoms with Crippen LogP contribution in [-0.2, 0) is 0 Å². The lowest BCUT2D eigenvalue weighted by Crippen LogP contribution is -2.00. The molecule has 0 fully saturated rings. The Morgan fingerprint density at radius 1 is 1.04 bits per heavy atom. The first-order valence-electron chi connectivity index (χ1n) is 7.64. The van der Waals surface area contributed by atoms with Crippen molar-refractivity contribution in [2.75, 3.05) is 13.2 Å². The molecule has 0 atom stereocenters. The third kappa shape index (κ3) is 3.32. The molecule has 0 saturated heterocycles. The Balaban J connectivity index is 1.96. The van der Waals surface area contributed by atoms with Crippen LogP contribution >= 0.6 is 15.9 Å². The smallest absolute Gasteiger partial charge is 0.231 e. The lowest BCUT2D eigenvalue weighted by Gasteiger charge is -2.04. The number of imidazole rings is 1. The van der Waals surface area contributed by atoms with Gasteiger partial charge in [0.25, 0.3) is 0 Å². The predicted octanol–water partition coefficient (Wildman–Crippen LogP) is 4.35. The highest BCUT2D eigenvalue weighted by Crippen LogP contribution is 2.30. The van der Waals surface area contributed by atoms with E-state index < -0.39 is 0 Å². The summed E-state index contributed by atoms with van der Waals surface area (Å²) >= 11 is 3.59. The van der Waals surface area contributed by atoms with Crippen LogP contribution in [0.15, 0.2) is 41.0 Å². The maximum Gasteiger partial charge on any atom is 0.231 e. The van der Waals surface area contributed by atoms with Crippen molar-refractivity contribution >= 4 is 21.6 Å². The van der Waals surface area contributed by atoms with Gasteiger partial charge in [0.05, 0.1) is 13.2 Å². The van der Waals surface area contributed by atoms with Crippen molar-refractivity contribution in [2.45, 2.75) is 20.3 Å². The molecule has 0 unspecified atom stereocenters. The standard InChI is InChI=1S/C17H18BrN3O2/c1-3-11-23-15-10-9-14-19-16(17(18)21(14)20-15)12-5-7-13(8-6-12)22-4-2/h5-10H,3-4,11H2,1-2H3. The number of hydrogen-bond acceptors (Lipinski definition) is 4. The molecule has 0 aliphatic rings. The van der Waals surface area contributed by atoms with Crippen LogP contribution in [0.3, 0.4) is 0 Å². The summed E-state index contributed by atoms with van der Waals surface area (Å²) in [5.41, 5.74) is 2.61. The summed E-state index contributed by atoms with van der Waals surface area (Å²) in [7, 11) is 0. The van der Waals surface area contributed by atoms with E-state index in [0.29, 0.717) is 19.1 Å². The van der Waals surface area contributed by atoms with Gasteiger partial charge in [-0.1, -0.05) is 6.92 Å². The SMILES string of the molecule is CCCOc1ccc2nc(-c3ccc(OCC)cc3)c(Br)n2n1. The summed E-state index contributed by atoms with van der Waals surface area (Å²) < 4.78 is 13.6. The third-order valence-corrected chi connectivity index (χ3v) is 4.00. The number of halogens is 1. The van der Waals surface area contributed by atoms with E-state index in [1.165, 1.54) is 0 Å². The zero-order valence-electron chi connectivity index (χ0n) is 13.1. The second-order valence-corrected chi connectivity index (χ2v) is 5.75. The highest BCUT2D eigenvalue weighted by atomic mass is 79.9. The number of ether oxygens (including phenoxy) is 2. The first-order chi connectivity index (χ1) is 11.2. The largest absolute Gasteiger partial charge is 0.494 e. The van der Waals surface area contributed by atoms with Gasteiger partial charge in [-0.15, -0.1) is 5.10 Å². The van der Waals surface area contributed by atoms with Crippen LogP contribution in [0.4, 0.5) is 0 Å². The van der Waals surface area contributed by atoms with Crippen LogP contribution in [0.25, 0.3) is 16.9 Å². The Bertz CT molecular complexity index is 799. The molecule has 6 heteroatoms. The minimum atomic E-state index is 0.593. The maximum atomic E-state index is 5.58. The van der Waals surface area contributed by atoms with Crippen LogP contribution in [0.1, 0.15) is 20.3 Å². The molecular formula is C17H18BrN3O2. The Morgan fingerprint density at radius 3 is 2.52 bits per heavy atom. The molecule has 5 nitrogen and oxygen atoms in total. The van der Waals surface area contributed by atoms with Crippen LogP contribution in [0.2, 0.25) is 0 Å². The summed E-state index contributed by atoms with van der Waals surface area (Å²) in [5, 5.41) is 4.47. The van der Waals surface area contributed by atoms with Crippen LogP contribution in [0.5, 0.6) is 11.6 Å². The summed E-state index contributed by atoms with van der Waals surface area (Å²) in [6.07, 6.45) is 0.947. The van der Waals surface area contributed by atoms with E-state index >= 15 is 0 Å². The van der Waals surface area contributed by atoms with Gasteiger partial charge in [-0.2, -0.15) is 0 Å². The fraction of sp³-hybridized carbons (Fsp3) is 0.294. The zero-order valence-corrected chi connectivity index (χ0v) is 14.7. The minimum absolute atomic E-state index is 0.593. The second-order valence-electron chi connectivity index (χ2n) is 5.00. The number of nitrogens with zero attached hydrogens (tertiary/aromatic N) is 3. The number of benzene rings is 1. The van der Waals surface area contributed by atoms with Gasteiger partial charge in [0.1, 0.15) is 16.0 Å². The van der Waals surface area contributed by atoms with Crippen molar-refractivity contribution in [3.8, 4) is 22.9 Å². The first kappa shape index (κ1) is 15.8. The zero-order chi connectivity index (χ0) is 16.2. The lowest BCUT2D eigenvalue weighted by atomic mass is 10.2.